The highest BCUT2D eigenvalue weighted by Crippen LogP contribution is 2.30. The molecule has 1 aliphatic carbocycles. The van der Waals surface area contributed by atoms with Crippen LogP contribution in [0.4, 0.5) is 0 Å². The van der Waals surface area contributed by atoms with Crippen LogP contribution in [0.2, 0.25) is 0 Å². The van der Waals surface area contributed by atoms with Gasteiger partial charge in [-0.15, -0.1) is 0 Å². The second kappa shape index (κ2) is 8.99. The van der Waals surface area contributed by atoms with Crippen LogP contribution in [0, 0.1) is 0 Å². The summed E-state index contributed by atoms with van der Waals surface area (Å²) in [5.41, 5.74) is 3.41. The van der Waals surface area contributed by atoms with Crippen LogP contribution in [0.5, 0.6) is 5.75 Å². The number of benzene rings is 2. The van der Waals surface area contributed by atoms with E-state index >= 15 is 0 Å². The number of hydrogen-bond acceptors (Lipinski definition) is 4. The molecule has 0 unspecified atom stereocenters. The van der Waals surface area contributed by atoms with Gasteiger partial charge in [-0.3, -0.25) is 4.79 Å². The zero-order chi connectivity index (χ0) is 21.0. The summed E-state index contributed by atoms with van der Waals surface area (Å²) in [6.45, 7) is 3.74. The highest BCUT2D eigenvalue weighted by molar-refractivity contribution is 7.90. The van der Waals surface area contributed by atoms with Gasteiger partial charge in [-0.25, -0.2) is 8.42 Å². The van der Waals surface area contributed by atoms with Gasteiger partial charge in [0, 0.05) is 6.26 Å². The van der Waals surface area contributed by atoms with Crippen molar-refractivity contribution in [3.05, 3.63) is 59.2 Å². The summed E-state index contributed by atoms with van der Waals surface area (Å²) >= 11 is 0. The van der Waals surface area contributed by atoms with E-state index in [0.29, 0.717) is 6.42 Å². The fourth-order valence-electron chi connectivity index (χ4n) is 3.76. The van der Waals surface area contributed by atoms with Gasteiger partial charge in [0.25, 0.3) is 5.91 Å². The van der Waals surface area contributed by atoms with Crippen molar-refractivity contribution in [1.29, 1.82) is 0 Å². The van der Waals surface area contributed by atoms with Gasteiger partial charge in [0.2, 0.25) is 0 Å². The Labute approximate surface area is 173 Å². The summed E-state index contributed by atoms with van der Waals surface area (Å²) in [7, 11) is -3.24. The van der Waals surface area contributed by atoms with Gasteiger partial charge in [-0.05, 0) is 73.9 Å². The maximum absolute atomic E-state index is 12.8. The number of hydrogen-bond donors (Lipinski definition) is 1. The van der Waals surface area contributed by atoms with Crippen LogP contribution in [0.25, 0.3) is 0 Å². The van der Waals surface area contributed by atoms with Gasteiger partial charge in [0.05, 0.1) is 10.9 Å². The van der Waals surface area contributed by atoms with Crippen molar-refractivity contribution in [3.63, 3.8) is 0 Å². The zero-order valence-corrected chi connectivity index (χ0v) is 18.1. The van der Waals surface area contributed by atoms with Crippen LogP contribution in [0.3, 0.4) is 0 Å². The number of nitrogens with one attached hydrogen (secondary N) is 1. The molecule has 0 bridgehead atoms. The SMILES string of the molecule is CC[C@H](NC(=O)[C@@H](C)Oc1cccc2c1CCCC2)c1ccc(S(C)(=O)=O)cc1. The lowest BCUT2D eigenvalue weighted by Gasteiger charge is -2.24. The maximum atomic E-state index is 12.8. The first-order valence-electron chi connectivity index (χ1n) is 10.2. The Morgan fingerprint density at radius 2 is 1.79 bits per heavy atom. The summed E-state index contributed by atoms with van der Waals surface area (Å²) in [5, 5.41) is 3.03. The van der Waals surface area contributed by atoms with Gasteiger partial charge >= 0.3 is 0 Å². The quantitative estimate of drug-likeness (QED) is 0.742. The van der Waals surface area contributed by atoms with Crippen molar-refractivity contribution >= 4 is 15.7 Å². The molecule has 0 radical (unpaired) electrons. The number of ether oxygens (including phenoxy) is 1. The Kier molecular flexibility index (Phi) is 6.63. The Morgan fingerprint density at radius 3 is 2.45 bits per heavy atom. The lowest BCUT2D eigenvalue weighted by Crippen LogP contribution is -2.38. The molecule has 6 heteroatoms. The Bertz CT molecular complexity index is 967. The van der Waals surface area contributed by atoms with Gasteiger partial charge in [-0.2, -0.15) is 0 Å². The van der Waals surface area contributed by atoms with Crippen molar-refractivity contribution in [3.8, 4) is 5.75 Å². The molecule has 0 saturated heterocycles. The zero-order valence-electron chi connectivity index (χ0n) is 17.3. The Morgan fingerprint density at radius 1 is 1.10 bits per heavy atom. The minimum absolute atomic E-state index is 0.183. The second-order valence-corrected chi connectivity index (χ2v) is 9.69. The molecule has 1 N–H and O–H groups in total. The van der Waals surface area contributed by atoms with E-state index in [-0.39, 0.29) is 16.8 Å². The van der Waals surface area contributed by atoms with E-state index in [9.17, 15) is 13.2 Å². The Balaban J connectivity index is 1.68. The summed E-state index contributed by atoms with van der Waals surface area (Å²) in [4.78, 5) is 13.0. The van der Waals surface area contributed by atoms with Crippen molar-refractivity contribution in [2.75, 3.05) is 6.26 Å². The van der Waals surface area contributed by atoms with E-state index in [1.807, 2.05) is 19.1 Å². The number of sulfone groups is 1. The van der Waals surface area contributed by atoms with E-state index in [4.69, 9.17) is 4.74 Å². The molecule has 1 amide bonds. The minimum Gasteiger partial charge on any atom is -0.481 e. The van der Waals surface area contributed by atoms with E-state index < -0.39 is 15.9 Å². The van der Waals surface area contributed by atoms with E-state index in [1.54, 1.807) is 31.2 Å². The van der Waals surface area contributed by atoms with Gasteiger partial charge in [-0.1, -0.05) is 31.2 Å². The number of carbonyl (C=O) groups excluding carboxylic acids is 1. The van der Waals surface area contributed by atoms with Gasteiger partial charge in [0.1, 0.15) is 5.75 Å². The molecule has 156 valence electrons. The first kappa shape index (κ1) is 21.4. The fraction of sp³-hybridized carbons (Fsp3) is 0.435. The van der Waals surface area contributed by atoms with Crippen LogP contribution < -0.4 is 10.1 Å². The monoisotopic (exact) mass is 415 g/mol. The molecular weight excluding hydrogens is 386 g/mol. The molecule has 0 saturated carbocycles. The summed E-state index contributed by atoms with van der Waals surface area (Å²) in [6, 6.07) is 12.5. The molecule has 2 aromatic rings. The summed E-state index contributed by atoms with van der Waals surface area (Å²) in [5.74, 6) is 0.618. The number of aryl methyl sites for hydroxylation is 1. The number of rotatable bonds is 7. The highest BCUT2D eigenvalue weighted by Gasteiger charge is 2.22. The molecule has 2 aromatic carbocycles. The third kappa shape index (κ3) is 5.18. The number of carbonyl (C=O) groups is 1. The smallest absolute Gasteiger partial charge is 0.261 e. The summed E-state index contributed by atoms with van der Waals surface area (Å²) < 4.78 is 29.3. The molecule has 1 aliphatic rings. The van der Waals surface area contributed by atoms with E-state index in [0.717, 1.165) is 30.6 Å². The molecule has 0 aliphatic heterocycles. The highest BCUT2D eigenvalue weighted by atomic mass is 32.2. The maximum Gasteiger partial charge on any atom is 0.261 e. The van der Waals surface area contributed by atoms with Crippen LogP contribution >= 0.6 is 0 Å². The van der Waals surface area contributed by atoms with Crippen LogP contribution in [0.15, 0.2) is 47.4 Å². The second-order valence-electron chi connectivity index (χ2n) is 7.67. The summed E-state index contributed by atoms with van der Waals surface area (Å²) in [6.07, 6.45) is 5.66. The molecule has 0 heterocycles. The predicted octanol–water partition coefficient (Wildman–Crippen LogP) is 4.00. The van der Waals surface area contributed by atoms with Crippen molar-refractivity contribution < 1.29 is 17.9 Å². The molecule has 5 nitrogen and oxygen atoms in total. The van der Waals surface area contributed by atoms with Crippen LogP contribution in [-0.2, 0) is 27.5 Å². The lowest BCUT2D eigenvalue weighted by atomic mass is 9.91. The Hall–Kier alpha value is -2.34. The topological polar surface area (TPSA) is 72.5 Å². The first-order chi connectivity index (χ1) is 13.8. The average Bonchev–Trinajstić information content (AvgIpc) is 2.71. The third-order valence-corrected chi connectivity index (χ3v) is 6.59. The molecule has 0 aromatic heterocycles. The number of amides is 1. The normalized spacial score (nSPS) is 15.8. The van der Waals surface area contributed by atoms with Crippen LogP contribution in [-0.4, -0.2) is 26.7 Å². The molecule has 29 heavy (non-hydrogen) atoms. The fourth-order valence-corrected chi connectivity index (χ4v) is 4.39. The van der Waals surface area contributed by atoms with Crippen LogP contribution in [0.1, 0.15) is 55.8 Å². The third-order valence-electron chi connectivity index (χ3n) is 5.46. The predicted molar refractivity (Wildman–Crippen MR) is 114 cm³/mol. The van der Waals surface area contributed by atoms with Crippen molar-refractivity contribution in [2.24, 2.45) is 0 Å². The largest absolute Gasteiger partial charge is 0.481 e. The van der Waals surface area contributed by atoms with E-state index in [2.05, 4.69) is 11.4 Å². The van der Waals surface area contributed by atoms with Gasteiger partial charge < -0.3 is 10.1 Å². The first-order valence-corrected chi connectivity index (χ1v) is 12.1. The van der Waals surface area contributed by atoms with Gasteiger partial charge in [0.15, 0.2) is 15.9 Å². The number of fused-ring (bicyclic) bond motifs is 1. The molecular formula is C23H29NO4S. The lowest BCUT2D eigenvalue weighted by molar-refractivity contribution is -0.128. The standard InChI is InChI=1S/C23H29NO4S/c1-4-21(18-12-14-19(15-13-18)29(3,26)27)24-23(25)16(2)28-22-11-7-9-17-8-5-6-10-20(17)22/h7,9,11-16,21H,4-6,8,10H2,1-3H3,(H,24,25)/t16-,21+/m1/s1. The average molecular weight is 416 g/mol. The molecule has 0 fully saturated rings. The molecule has 3 rings (SSSR count). The van der Waals surface area contributed by atoms with Crippen molar-refractivity contribution in [1.82, 2.24) is 5.32 Å². The van der Waals surface area contributed by atoms with E-state index in [1.165, 1.54) is 23.8 Å². The molecule has 2 atom stereocenters. The minimum atomic E-state index is -3.24. The van der Waals surface area contributed by atoms with Crippen molar-refractivity contribution in [2.45, 2.75) is 63.0 Å². The molecule has 0 spiro atoms.